The summed E-state index contributed by atoms with van der Waals surface area (Å²) in [6, 6.07) is 4.54. The number of anilines is 1. The van der Waals surface area contributed by atoms with Crippen molar-refractivity contribution in [2.24, 2.45) is 0 Å². The maximum absolute atomic E-state index is 9.43. The largest absolute Gasteiger partial charge is 0.370 e. The van der Waals surface area contributed by atoms with Gasteiger partial charge < -0.3 is 4.90 Å². The van der Waals surface area contributed by atoms with Crippen molar-refractivity contribution in [1.29, 1.82) is 5.26 Å². The lowest BCUT2D eigenvalue weighted by molar-refractivity contribution is 0.450. The first-order chi connectivity index (χ1) is 8.78. The van der Waals surface area contributed by atoms with Gasteiger partial charge in [0.15, 0.2) is 0 Å². The third kappa shape index (κ3) is 1.54. The molecule has 0 amide bonds. The van der Waals surface area contributed by atoms with Gasteiger partial charge >= 0.3 is 0 Å². The lowest BCUT2D eigenvalue weighted by Gasteiger charge is -2.38. The second kappa shape index (κ2) is 3.54. The molecule has 19 heavy (non-hydrogen) atoms. The van der Waals surface area contributed by atoms with Gasteiger partial charge in [0.05, 0.1) is 11.6 Å². The minimum absolute atomic E-state index is 0.154. The van der Waals surface area contributed by atoms with Crippen molar-refractivity contribution in [2.45, 2.75) is 51.9 Å². The maximum Gasteiger partial charge on any atom is 0.0994 e. The Labute approximate surface area is 116 Å². The third-order valence-corrected chi connectivity index (χ3v) is 5.00. The standard InChI is InChI=1S/C17H22N2/c1-11-12(9-18)8-13-15-14(11)17(4,5)10-19(15)7-6-16(13,2)3/h8H,6-7,10H2,1-5H3. The molecule has 2 heteroatoms. The van der Waals surface area contributed by atoms with Crippen LogP contribution in [0.2, 0.25) is 0 Å². The van der Waals surface area contributed by atoms with Gasteiger partial charge in [-0.2, -0.15) is 5.26 Å². The van der Waals surface area contributed by atoms with Crippen LogP contribution in [0.25, 0.3) is 0 Å². The first kappa shape index (κ1) is 12.5. The molecule has 0 radical (unpaired) electrons. The van der Waals surface area contributed by atoms with Crippen LogP contribution in [0, 0.1) is 18.3 Å². The van der Waals surface area contributed by atoms with Crippen molar-refractivity contribution in [3.8, 4) is 6.07 Å². The summed E-state index contributed by atoms with van der Waals surface area (Å²) in [5.41, 5.74) is 6.60. The van der Waals surface area contributed by atoms with Crippen molar-refractivity contribution < 1.29 is 0 Å². The minimum atomic E-state index is 0.154. The highest BCUT2D eigenvalue weighted by Gasteiger charge is 2.44. The molecule has 3 rings (SSSR count). The third-order valence-electron chi connectivity index (χ3n) is 5.00. The molecule has 2 aliphatic heterocycles. The maximum atomic E-state index is 9.43. The average molecular weight is 254 g/mol. The number of nitrogens with zero attached hydrogens (tertiary/aromatic N) is 2. The average Bonchev–Trinajstić information content (AvgIpc) is 2.59. The fourth-order valence-corrected chi connectivity index (χ4v) is 3.93. The van der Waals surface area contributed by atoms with Gasteiger partial charge in [0.25, 0.3) is 0 Å². The lowest BCUT2D eigenvalue weighted by Crippen LogP contribution is -2.37. The van der Waals surface area contributed by atoms with Gasteiger partial charge in [-0.05, 0) is 41.5 Å². The molecule has 0 atom stereocenters. The Morgan fingerprint density at radius 3 is 2.53 bits per heavy atom. The summed E-state index contributed by atoms with van der Waals surface area (Å²) in [7, 11) is 0. The SMILES string of the molecule is Cc1c(C#N)cc2c3c1C(C)(C)CN3CCC2(C)C. The van der Waals surface area contributed by atoms with Crippen molar-refractivity contribution in [3.05, 3.63) is 28.3 Å². The van der Waals surface area contributed by atoms with Crippen LogP contribution in [0.15, 0.2) is 6.07 Å². The van der Waals surface area contributed by atoms with E-state index in [1.807, 2.05) is 0 Å². The van der Waals surface area contributed by atoms with E-state index in [0.717, 1.165) is 18.7 Å². The molecule has 1 aromatic carbocycles. The zero-order valence-corrected chi connectivity index (χ0v) is 12.6. The molecule has 2 nitrogen and oxygen atoms in total. The summed E-state index contributed by atoms with van der Waals surface area (Å²) in [5.74, 6) is 0. The summed E-state index contributed by atoms with van der Waals surface area (Å²) in [4.78, 5) is 2.53. The molecule has 2 heterocycles. The Morgan fingerprint density at radius 1 is 1.21 bits per heavy atom. The lowest BCUT2D eigenvalue weighted by atomic mass is 9.74. The van der Waals surface area contributed by atoms with E-state index < -0.39 is 0 Å². The smallest absolute Gasteiger partial charge is 0.0994 e. The van der Waals surface area contributed by atoms with Crippen LogP contribution in [-0.2, 0) is 10.8 Å². The number of nitriles is 1. The molecule has 0 fully saturated rings. The number of hydrogen-bond donors (Lipinski definition) is 0. The summed E-state index contributed by atoms with van der Waals surface area (Å²) >= 11 is 0. The molecule has 0 spiro atoms. The van der Waals surface area contributed by atoms with Crippen molar-refractivity contribution in [3.63, 3.8) is 0 Å². The van der Waals surface area contributed by atoms with Crippen LogP contribution in [0.4, 0.5) is 5.69 Å². The van der Waals surface area contributed by atoms with E-state index in [4.69, 9.17) is 0 Å². The Hall–Kier alpha value is -1.49. The Bertz CT molecular complexity index is 603. The normalized spacial score (nSPS) is 22.0. The molecule has 100 valence electrons. The van der Waals surface area contributed by atoms with E-state index >= 15 is 0 Å². The quantitative estimate of drug-likeness (QED) is 0.706. The topological polar surface area (TPSA) is 27.0 Å². The number of rotatable bonds is 0. The van der Waals surface area contributed by atoms with Crippen molar-refractivity contribution >= 4 is 5.69 Å². The van der Waals surface area contributed by atoms with Gasteiger partial charge in [-0.25, -0.2) is 0 Å². The molecular formula is C17H22N2. The second-order valence-corrected chi connectivity index (χ2v) is 7.37. The summed E-state index contributed by atoms with van der Waals surface area (Å²) in [5, 5.41) is 9.43. The van der Waals surface area contributed by atoms with Gasteiger partial charge in [-0.3, -0.25) is 0 Å². The van der Waals surface area contributed by atoms with Gasteiger partial charge in [-0.1, -0.05) is 27.7 Å². The van der Waals surface area contributed by atoms with Crippen LogP contribution in [0.1, 0.15) is 56.4 Å². The zero-order chi connectivity index (χ0) is 14.0. The number of hydrogen-bond acceptors (Lipinski definition) is 2. The molecule has 0 bridgehead atoms. The zero-order valence-electron chi connectivity index (χ0n) is 12.6. The molecule has 0 saturated heterocycles. The van der Waals surface area contributed by atoms with Gasteiger partial charge in [0.1, 0.15) is 0 Å². The molecule has 0 N–H and O–H groups in total. The van der Waals surface area contributed by atoms with E-state index in [-0.39, 0.29) is 10.8 Å². The second-order valence-electron chi connectivity index (χ2n) is 7.37. The van der Waals surface area contributed by atoms with E-state index in [1.54, 1.807) is 0 Å². The van der Waals surface area contributed by atoms with Gasteiger partial charge in [0, 0.05) is 24.2 Å². The molecular weight excluding hydrogens is 232 g/mol. The summed E-state index contributed by atoms with van der Waals surface area (Å²) in [6.07, 6.45) is 1.17. The Balaban J connectivity index is 2.40. The molecule has 0 aliphatic carbocycles. The molecule has 1 aromatic rings. The van der Waals surface area contributed by atoms with Gasteiger partial charge in [-0.15, -0.1) is 0 Å². The summed E-state index contributed by atoms with van der Waals surface area (Å²) in [6.45, 7) is 13.6. The van der Waals surface area contributed by atoms with Gasteiger partial charge in [0.2, 0.25) is 0 Å². The first-order valence-corrected chi connectivity index (χ1v) is 7.11. The highest BCUT2D eigenvalue weighted by molar-refractivity contribution is 5.74. The molecule has 0 unspecified atom stereocenters. The van der Waals surface area contributed by atoms with Crippen LogP contribution >= 0.6 is 0 Å². The highest BCUT2D eigenvalue weighted by atomic mass is 15.2. The molecule has 2 aliphatic rings. The Morgan fingerprint density at radius 2 is 1.89 bits per heavy atom. The predicted molar refractivity (Wildman–Crippen MR) is 78.8 cm³/mol. The van der Waals surface area contributed by atoms with Crippen LogP contribution in [0.3, 0.4) is 0 Å². The van der Waals surface area contributed by atoms with Crippen LogP contribution < -0.4 is 4.90 Å². The first-order valence-electron chi connectivity index (χ1n) is 7.11. The number of benzene rings is 1. The Kier molecular flexibility index (Phi) is 2.33. The van der Waals surface area contributed by atoms with E-state index in [2.05, 4.69) is 51.7 Å². The van der Waals surface area contributed by atoms with Crippen molar-refractivity contribution in [1.82, 2.24) is 0 Å². The fourth-order valence-electron chi connectivity index (χ4n) is 3.93. The minimum Gasteiger partial charge on any atom is -0.370 e. The summed E-state index contributed by atoms with van der Waals surface area (Å²) < 4.78 is 0. The van der Waals surface area contributed by atoms with E-state index in [9.17, 15) is 5.26 Å². The van der Waals surface area contributed by atoms with E-state index in [0.29, 0.717) is 0 Å². The fraction of sp³-hybridized carbons (Fsp3) is 0.588. The van der Waals surface area contributed by atoms with Crippen molar-refractivity contribution in [2.75, 3.05) is 18.0 Å². The van der Waals surface area contributed by atoms with Crippen LogP contribution in [-0.4, -0.2) is 13.1 Å². The predicted octanol–water partition coefficient (Wildman–Crippen LogP) is 3.65. The molecule has 0 saturated carbocycles. The molecule has 0 aromatic heterocycles. The monoisotopic (exact) mass is 254 g/mol. The van der Waals surface area contributed by atoms with Crippen LogP contribution in [0.5, 0.6) is 0 Å². The van der Waals surface area contributed by atoms with E-state index in [1.165, 1.54) is 28.8 Å². The highest BCUT2D eigenvalue weighted by Crippen LogP contribution is 2.51.